The van der Waals surface area contributed by atoms with Gasteiger partial charge in [0.1, 0.15) is 0 Å². The summed E-state index contributed by atoms with van der Waals surface area (Å²) < 4.78 is 38.4. The summed E-state index contributed by atoms with van der Waals surface area (Å²) in [5, 5.41) is 8.94. The number of aryl methyl sites for hydroxylation is 1. The second kappa shape index (κ2) is 5.49. The quantitative estimate of drug-likeness (QED) is 0.804. The van der Waals surface area contributed by atoms with Crippen LogP contribution in [0.25, 0.3) is 0 Å². The fourth-order valence-corrected chi connectivity index (χ4v) is 2.16. The molecule has 0 spiro atoms. The van der Waals surface area contributed by atoms with Crippen LogP contribution in [0.15, 0.2) is 42.5 Å². The molecule has 0 heterocycles. The third kappa shape index (κ3) is 3.00. The van der Waals surface area contributed by atoms with Crippen LogP contribution in [0.3, 0.4) is 0 Å². The predicted octanol–water partition coefficient (Wildman–Crippen LogP) is 4.65. The van der Waals surface area contributed by atoms with Crippen LogP contribution in [0.5, 0.6) is 0 Å². The predicted molar refractivity (Wildman–Crippen MR) is 75.4 cm³/mol. The molecular weight excluding hydrogens is 277 g/mol. The average Bonchev–Trinajstić information content (AvgIpc) is 2.45. The Kier molecular flexibility index (Phi) is 3.90. The van der Waals surface area contributed by atoms with Crippen molar-refractivity contribution in [2.75, 3.05) is 11.9 Å². The Morgan fingerprint density at radius 1 is 1.10 bits per heavy atom. The minimum absolute atomic E-state index is 0.375. The van der Waals surface area contributed by atoms with Crippen LogP contribution < -0.4 is 4.90 Å². The second-order valence-electron chi connectivity index (χ2n) is 4.68. The first-order chi connectivity index (χ1) is 9.84. The molecule has 0 amide bonds. The van der Waals surface area contributed by atoms with Gasteiger partial charge in [0.2, 0.25) is 0 Å². The molecule has 21 heavy (non-hydrogen) atoms. The van der Waals surface area contributed by atoms with Crippen LogP contribution in [0.1, 0.15) is 16.7 Å². The third-order valence-corrected chi connectivity index (χ3v) is 3.29. The molecule has 0 saturated heterocycles. The summed E-state index contributed by atoms with van der Waals surface area (Å²) in [6.07, 6.45) is -4.52. The second-order valence-corrected chi connectivity index (χ2v) is 4.68. The van der Waals surface area contributed by atoms with Crippen LogP contribution in [-0.4, -0.2) is 7.05 Å². The Labute approximate surface area is 121 Å². The summed E-state index contributed by atoms with van der Waals surface area (Å²) in [6.45, 7) is 1.92. The highest BCUT2D eigenvalue weighted by molar-refractivity contribution is 5.67. The molecule has 0 N–H and O–H groups in total. The van der Waals surface area contributed by atoms with Gasteiger partial charge in [0.25, 0.3) is 0 Å². The number of hydrogen-bond donors (Lipinski definition) is 0. The van der Waals surface area contributed by atoms with Crippen molar-refractivity contribution in [1.29, 1.82) is 5.26 Å². The Morgan fingerprint density at radius 3 is 2.33 bits per heavy atom. The molecule has 0 unspecified atom stereocenters. The van der Waals surface area contributed by atoms with Crippen LogP contribution >= 0.6 is 0 Å². The number of nitrogens with zero attached hydrogens (tertiary/aromatic N) is 2. The number of alkyl halides is 3. The lowest BCUT2D eigenvalue weighted by molar-refractivity contribution is -0.137. The van der Waals surface area contributed by atoms with Crippen LogP contribution in [0.4, 0.5) is 24.5 Å². The number of rotatable bonds is 2. The summed E-state index contributed by atoms with van der Waals surface area (Å²) in [6, 6.07) is 12.7. The van der Waals surface area contributed by atoms with E-state index >= 15 is 0 Å². The van der Waals surface area contributed by atoms with Gasteiger partial charge in [-0.25, -0.2) is 0 Å². The Hall–Kier alpha value is -2.48. The van der Waals surface area contributed by atoms with E-state index in [1.54, 1.807) is 18.0 Å². The van der Waals surface area contributed by atoms with E-state index in [2.05, 4.69) is 0 Å². The van der Waals surface area contributed by atoms with Crippen molar-refractivity contribution in [3.8, 4) is 6.07 Å². The molecule has 0 radical (unpaired) electrons. The molecule has 108 valence electrons. The average molecular weight is 290 g/mol. The number of nitriles is 1. The molecule has 0 bridgehead atoms. The van der Waals surface area contributed by atoms with Gasteiger partial charge in [-0.3, -0.25) is 0 Å². The van der Waals surface area contributed by atoms with Gasteiger partial charge >= 0.3 is 6.18 Å². The lowest BCUT2D eigenvalue weighted by atomic mass is 10.1. The fraction of sp³-hybridized carbons (Fsp3) is 0.188. The lowest BCUT2D eigenvalue weighted by Crippen LogP contribution is -2.13. The highest BCUT2D eigenvalue weighted by Crippen LogP contribution is 2.35. The van der Waals surface area contributed by atoms with Crippen molar-refractivity contribution in [3.05, 3.63) is 59.2 Å². The molecule has 2 aromatic rings. The van der Waals surface area contributed by atoms with E-state index in [1.807, 2.05) is 31.2 Å². The van der Waals surface area contributed by atoms with Gasteiger partial charge < -0.3 is 4.90 Å². The topological polar surface area (TPSA) is 27.0 Å². The first kappa shape index (κ1) is 14.9. The van der Waals surface area contributed by atoms with Crippen LogP contribution in [0, 0.1) is 18.3 Å². The Morgan fingerprint density at radius 2 is 1.76 bits per heavy atom. The zero-order valence-electron chi connectivity index (χ0n) is 11.6. The van der Waals surface area contributed by atoms with E-state index < -0.39 is 11.7 Å². The van der Waals surface area contributed by atoms with E-state index in [0.29, 0.717) is 5.69 Å². The van der Waals surface area contributed by atoms with Gasteiger partial charge in [0.15, 0.2) is 0 Å². The maximum Gasteiger partial charge on any atom is 0.417 e. The SMILES string of the molecule is Cc1ccccc1N(C)c1ccc(C(F)(F)F)c(C#N)c1. The van der Waals surface area contributed by atoms with Gasteiger partial charge in [-0.1, -0.05) is 18.2 Å². The summed E-state index contributed by atoms with van der Waals surface area (Å²) in [5.74, 6) is 0. The third-order valence-electron chi connectivity index (χ3n) is 3.29. The molecular formula is C16H13F3N2. The van der Waals surface area contributed by atoms with Gasteiger partial charge in [-0.15, -0.1) is 0 Å². The number of benzene rings is 2. The number of halogens is 3. The molecule has 2 nitrogen and oxygen atoms in total. The zero-order chi connectivity index (χ0) is 15.6. The van der Waals surface area contributed by atoms with E-state index in [-0.39, 0.29) is 5.56 Å². The molecule has 0 aliphatic heterocycles. The van der Waals surface area contributed by atoms with Gasteiger partial charge in [0.05, 0.1) is 17.2 Å². The van der Waals surface area contributed by atoms with Crippen molar-refractivity contribution in [2.45, 2.75) is 13.1 Å². The van der Waals surface area contributed by atoms with E-state index in [1.165, 1.54) is 12.1 Å². The number of anilines is 2. The van der Waals surface area contributed by atoms with Crippen molar-refractivity contribution >= 4 is 11.4 Å². The zero-order valence-corrected chi connectivity index (χ0v) is 11.6. The summed E-state index contributed by atoms with van der Waals surface area (Å²) in [5.41, 5.74) is 1.13. The maximum absolute atomic E-state index is 12.8. The van der Waals surface area contributed by atoms with Gasteiger partial charge in [-0.2, -0.15) is 18.4 Å². The molecule has 0 aromatic heterocycles. The van der Waals surface area contributed by atoms with E-state index in [9.17, 15) is 13.2 Å². The number of para-hydroxylation sites is 1. The van der Waals surface area contributed by atoms with Crippen molar-refractivity contribution in [1.82, 2.24) is 0 Å². The summed E-state index contributed by atoms with van der Waals surface area (Å²) in [7, 11) is 1.76. The summed E-state index contributed by atoms with van der Waals surface area (Å²) >= 11 is 0. The lowest BCUT2D eigenvalue weighted by Gasteiger charge is -2.22. The Balaban J connectivity index is 2.47. The number of hydrogen-bond acceptors (Lipinski definition) is 2. The van der Waals surface area contributed by atoms with E-state index in [0.717, 1.165) is 17.3 Å². The standard InChI is InChI=1S/C16H13F3N2/c1-11-5-3-4-6-15(11)21(2)13-7-8-14(16(17,18)19)12(9-13)10-20/h3-9H,1-2H3. The smallest absolute Gasteiger partial charge is 0.344 e. The van der Waals surface area contributed by atoms with Crippen LogP contribution in [-0.2, 0) is 6.18 Å². The Bertz CT molecular complexity index is 699. The molecule has 2 rings (SSSR count). The highest BCUT2D eigenvalue weighted by Gasteiger charge is 2.33. The normalized spacial score (nSPS) is 11.0. The van der Waals surface area contributed by atoms with Crippen molar-refractivity contribution < 1.29 is 13.2 Å². The maximum atomic E-state index is 12.8. The van der Waals surface area contributed by atoms with Gasteiger partial charge in [-0.05, 0) is 36.8 Å². The molecule has 0 aliphatic carbocycles. The monoisotopic (exact) mass is 290 g/mol. The molecule has 0 atom stereocenters. The minimum Gasteiger partial charge on any atom is -0.344 e. The van der Waals surface area contributed by atoms with Crippen LogP contribution in [0.2, 0.25) is 0 Å². The van der Waals surface area contributed by atoms with Crippen molar-refractivity contribution in [3.63, 3.8) is 0 Å². The molecule has 2 aromatic carbocycles. The molecule has 5 heteroatoms. The largest absolute Gasteiger partial charge is 0.417 e. The highest BCUT2D eigenvalue weighted by atomic mass is 19.4. The van der Waals surface area contributed by atoms with Crippen molar-refractivity contribution in [2.24, 2.45) is 0 Å². The fourth-order valence-electron chi connectivity index (χ4n) is 2.16. The molecule has 0 saturated carbocycles. The molecule has 0 fully saturated rings. The summed E-state index contributed by atoms with van der Waals surface area (Å²) in [4.78, 5) is 1.76. The first-order valence-electron chi connectivity index (χ1n) is 6.25. The first-order valence-corrected chi connectivity index (χ1v) is 6.25. The minimum atomic E-state index is -4.52. The van der Waals surface area contributed by atoms with E-state index in [4.69, 9.17) is 5.26 Å². The van der Waals surface area contributed by atoms with Gasteiger partial charge in [0, 0.05) is 18.4 Å². The molecule has 0 aliphatic rings.